The molecule has 0 unspecified atom stereocenters. The van der Waals surface area contributed by atoms with E-state index in [1.807, 2.05) is 4.72 Å². The second-order valence-corrected chi connectivity index (χ2v) is 12.4. The average Bonchev–Trinajstić information content (AvgIpc) is 2.69. The van der Waals surface area contributed by atoms with Crippen molar-refractivity contribution in [2.75, 3.05) is 5.75 Å². The lowest BCUT2D eigenvalue weighted by atomic mass is 9.78. The highest BCUT2D eigenvalue weighted by Gasteiger charge is 2.50. The second kappa shape index (κ2) is 9.07. The molecule has 1 N–H and O–H groups in total. The van der Waals surface area contributed by atoms with E-state index < -0.39 is 48.1 Å². The van der Waals surface area contributed by atoms with Crippen LogP contribution in [-0.4, -0.2) is 28.5 Å². The number of hydrogen-bond donors (Lipinski definition) is 1. The molecule has 0 aromatic heterocycles. The molecule has 0 heterocycles. The molecule has 1 saturated carbocycles. The molecule has 1 amide bonds. The van der Waals surface area contributed by atoms with Crippen LogP contribution in [0, 0.1) is 17.6 Å². The largest absolute Gasteiger partial charge is 0.274 e. The van der Waals surface area contributed by atoms with Gasteiger partial charge in [0.15, 0.2) is 9.84 Å². The first-order chi connectivity index (χ1) is 14.9. The molecule has 2 aromatic rings. The maximum atomic E-state index is 14.8. The summed E-state index contributed by atoms with van der Waals surface area (Å²) in [5.74, 6) is -3.16. The number of halogens is 3. The van der Waals surface area contributed by atoms with Crippen molar-refractivity contribution in [2.45, 2.75) is 42.2 Å². The van der Waals surface area contributed by atoms with E-state index in [2.05, 4.69) is 0 Å². The molecule has 1 fully saturated rings. The van der Waals surface area contributed by atoms with Crippen LogP contribution in [0.2, 0.25) is 5.02 Å². The Morgan fingerprint density at radius 3 is 2.22 bits per heavy atom. The molecule has 6 nitrogen and oxygen atoms in total. The van der Waals surface area contributed by atoms with Crippen LogP contribution in [-0.2, 0) is 29.4 Å². The zero-order chi connectivity index (χ0) is 23.7. The molecule has 1 aliphatic rings. The van der Waals surface area contributed by atoms with Crippen LogP contribution < -0.4 is 4.72 Å². The highest BCUT2D eigenvalue weighted by atomic mass is 35.5. The molecule has 2 aromatic carbocycles. The number of carbonyl (C=O) groups is 1. The van der Waals surface area contributed by atoms with Gasteiger partial charge < -0.3 is 0 Å². The summed E-state index contributed by atoms with van der Waals surface area (Å²) in [6, 6.07) is 8.10. The summed E-state index contributed by atoms with van der Waals surface area (Å²) in [5.41, 5.74) is -0.282. The van der Waals surface area contributed by atoms with Crippen LogP contribution in [0.4, 0.5) is 8.78 Å². The fraction of sp³-hybridized carbons (Fsp3) is 0.381. The molecule has 0 saturated heterocycles. The van der Waals surface area contributed by atoms with Gasteiger partial charge in [-0.3, -0.25) is 9.52 Å². The standard InChI is InChI=1S/C21H22ClF2NO5S2/c1-14(26)25-31(27,28)13-15-8-10-21(11-9-15,19-12-17(23)4-7-20(19)24)32(29,30)18-5-2-16(22)3-6-18/h2-7,12,15H,8-11,13H2,1H3,(H,25,26). The van der Waals surface area contributed by atoms with Crippen molar-refractivity contribution < 1.29 is 30.4 Å². The first kappa shape index (κ1) is 24.6. The molecule has 32 heavy (non-hydrogen) atoms. The van der Waals surface area contributed by atoms with Gasteiger partial charge in [0.25, 0.3) is 0 Å². The third kappa shape index (κ3) is 4.97. The van der Waals surface area contributed by atoms with Gasteiger partial charge in [-0.1, -0.05) is 11.6 Å². The van der Waals surface area contributed by atoms with Gasteiger partial charge in [-0.05, 0) is 74.1 Å². The third-order valence-corrected chi connectivity index (χ3v) is 10.0. The number of nitrogens with one attached hydrogen (secondary N) is 1. The van der Waals surface area contributed by atoms with Crippen LogP contribution in [0.15, 0.2) is 47.4 Å². The first-order valence-corrected chi connectivity index (χ1v) is 13.3. The predicted octanol–water partition coefficient (Wildman–Crippen LogP) is 3.94. The van der Waals surface area contributed by atoms with Crippen molar-refractivity contribution in [1.82, 2.24) is 4.72 Å². The van der Waals surface area contributed by atoms with Crippen molar-refractivity contribution >= 4 is 37.4 Å². The van der Waals surface area contributed by atoms with Crippen LogP contribution in [0.5, 0.6) is 0 Å². The topological polar surface area (TPSA) is 97.4 Å². The fourth-order valence-electron chi connectivity index (χ4n) is 4.25. The molecule has 3 rings (SSSR count). The molecule has 0 bridgehead atoms. The van der Waals surface area contributed by atoms with Crippen LogP contribution in [0.1, 0.15) is 38.2 Å². The number of sulfone groups is 1. The van der Waals surface area contributed by atoms with Crippen LogP contribution in [0.3, 0.4) is 0 Å². The van der Waals surface area contributed by atoms with Gasteiger partial charge in [0, 0.05) is 17.5 Å². The van der Waals surface area contributed by atoms with Crippen molar-refractivity contribution in [3.8, 4) is 0 Å². The number of sulfonamides is 1. The Hall–Kier alpha value is -2.04. The minimum absolute atomic E-state index is 0.0881. The van der Waals surface area contributed by atoms with E-state index >= 15 is 0 Å². The number of hydrogen-bond acceptors (Lipinski definition) is 5. The fourth-order valence-corrected chi connectivity index (χ4v) is 8.02. The second-order valence-electron chi connectivity index (χ2n) is 7.96. The molecule has 0 radical (unpaired) electrons. The number of rotatable bonds is 6. The van der Waals surface area contributed by atoms with Gasteiger partial charge in [-0.15, -0.1) is 0 Å². The highest BCUT2D eigenvalue weighted by Crippen LogP contribution is 2.49. The van der Waals surface area contributed by atoms with Crippen molar-refractivity contribution in [1.29, 1.82) is 0 Å². The summed E-state index contributed by atoms with van der Waals surface area (Å²) in [6.07, 6.45) is 0.0281. The lowest BCUT2D eigenvalue weighted by molar-refractivity contribution is -0.117. The van der Waals surface area contributed by atoms with E-state index in [0.717, 1.165) is 25.1 Å². The monoisotopic (exact) mass is 505 g/mol. The molecule has 1 aliphatic carbocycles. The lowest BCUT2D eigenvalue weighted by Crippen LogP contribution is -2.42. The summed E-state index contributed by atoms with van der Waals surface area (Å²) >= 11 is 5.87. The Kier molecular flexibility index (Phi) is 6.97. The predicted molar refractivity (Wildman–Crippen MR) is 116 cm³/mol. The zero-order valence-electron chi connectivity index (χ0n) is 17.1. The summed E-state index contributed by atoms with van der Waals surface area (Å²) in [6.45, 7) is 1.08. The Labute approximate surface area is 190 Å². The zero-order valence-corrected chi connectivity index (χ0v) is 19.5. The van der Waals surface area contributed by atoms with Gasteiger partial charge in [-0.2, -0.15) is 0 Å². The molecule has 11 heteroatoms. The summed E-state index contributed by atoms with van der Waals surface area (Å²) in [7, 11) is -8.09. The Balaban J connectivity index is 2.02. The third-order valence-electron chi connectivity index (χ3n) is 5.72. The molecular formula is C21H22ClF2NO5S2. The van der Waals surface area contributed by atoms with Crippen LogP contribution in [0.25, 0.3) is 0 Å². The lowest BCUT2D eigenvalue weighted by Gasteiger charge is -2.40. The SMILES string of the molecule is CC(=O)NS(=O)(=O)CC1CCC(c2cc(F)ccc2F)(S(=O)(=O)c2ccc(Cl)cc2)CC1. The summed E-state index contributed by atoms with van der Waals surface area (Å²) < 4.78 is 80.6. The van der Waals surface area contributed by atoms with E-state index in [1.165, 1.54) is 24.3 Å². The van der Waals surface area contributed by atoms with Gasteiger partial charge in [-0.25, -0.2) is 25.6 Å². The maximum Gasteiger partial charge on any atom is 0.235 e. The van der Waals surface area contributed by atoms with Gasteiger partial charge in [0.2, 0.25) is 15.9 Å². The Bertz CT molecular complexity index is 1220. The molecule has 174 valence electrons. The van der Waals surface area contributed by atoms with E-state index in [0.29, 0.717) is 5.02 Å². The van der Waals surface area contributed by atoms with E-state index in [1.54, 1.807) is 0 Å². The van der Waals surface area contributed by atoms with Crippen molar-refractivity contribution in [2.24, 2.45) is 5.92 Å². The van der Waals surface area contributed by atoms with Gasteiger partial charge in [0.05, 0.1) is 10.6 Å². The minimum Gasteiger partial charge on any atom is -0.274 e. The average molecular weight is 506 g/mol. The van der Waals surface area contributed by atoms with Crippen LogP contribution >= 0.6 is 11.6 Å². The van der Waals surface area contributed by atoms with E-state index in [4.69, 9.17) is 11.6 Å². The van der Waals surface area contributed by atoms with Crippen molar-refractivity contribution in [3.05, 3.63) is 64.7 Å². The van der Waals surface area contributed by atoms with Gasteiger partial charge >= 0.3 is 0 Å². The molecule has 0 aliphatic heterocycles. The van der Waals surface area contributed by atoms with Crippen molar-refractivity contribution in [3.63, 3.8) is 0 Å². The molecule has 0 atom stereocenters. The Morgan fingerprint density at radius 2 is 1.66 bits per heavy atom. The summed E-state index contributed by atoms with van der Waals surface area (Å²) in [4.78, 5) is 11.0. The highest BCUT2D eigenvalue weighted by molar-refractivity contribution is 7.92. The minimum atomic E-state index is -4.20. The Morgan fingerprint density at radius 1 is 1.06 bits per heavy atom. The van der Waals surface area contributed by atoms with Gasteiger partial charge in [0.1, 0.15) is 16.4 Å². The number of amides is 1. The number of carbonyl (C=O) groups excluding carboxylic acids is 1. The quantitative estimate of drug-likeness (QED) is 0.641. The summed E-state index contributed by atoms with van der Waals surface area (Å²) in [5, 5.41) is 0.321. The normalized spacial score (nSPS) is 21.8. The smallest absolute Gasteiger partial charge is 0.235 e. The van der Waals surface area contributed by atoms with E-state index in [9.17, 15) is 30.4 Å². The number of benzene rings is 2. The first-order valence-electron chi connectivity index (χ1n) is 9.83. The maximum absolute atomic E-state index is 14.8. The van der Waals surface area contributed by atoms with E-state index in [-0.39, 0.29) is 41.9 Å². The molecular weight excluding hydrogens is 484 g/mol. The molecule has 0 spiro atoms.